The van der Waals surface area contributed by atoms with Gasteiger partial charge in [-0.2, -0.15) is 0 Å². The van der Waals surface area contributed by atoms with Crippen molar-refractivity contribution >= 4 is 21.6 Å². The number of anilines is 1. The van der Waals surface area contributed by atoms with Gasteiger partial charge >= 0.3 is 0 Å². The van der Waals surface area contributed by atoms with Crippen molar-refractivity contribution < 1.29 is 17.9 Å². The Hall–Kier alpha value is -2.38. The van der Waals surface area contributed by atoms with E-state index in [0.29, 0.717) is 18.5 Å². The van der Waals surface area contributed by atoms with E-state index in [1.165, 1.54) is 6.07 Å². The van der Waals surface area contributed by atoms with Crippen LogP contribution in [0.5, 0.6) is 5.75 Å². The van der Waals surface area contributed by atoms with Crippen LogP contribution in [0.2, 0.25) is 0 Å². The summed E-state index contributed by atoms with van der Waals surface area (Å²) in [5.74, 6) is 0.738. The second-order valence-electron chi connectivity index (χ2n) is 6.98. The van der Waals surface area contributed by atoms with Gasteiger partial charge in [0, 0.05) is 18.2 Å². The molecule has 0 spiro atoms. The van der Waals surface area contributed by atoms with Crippen LogP contribution in [-0.4, -0.2) is 21.4 Å². The molecule has 2 N–H and O–H groups in total. The number of rotatable bonds is 6. The Morgan fingerprint density at radius 3 is 2.41 bits per heavy atom. The van der Waals surface area contributed by atoms with Gasteiger partial charge in [-0.25, -0.2) is 13.1 Å². The number of benzene rings is 2. The van der Waals surface area contributed by atoms with E-state index in [0.717, 1.165) is 16.9 Å². The third kappa shape index (κ3) is 4.31. The molecule has 0 bridgehead atoms. The molecular weight excluding hydrogens is 364 g/mol. The molecule has 0 radical (unpaired) electrons. The van der Waals surface area contributed by atoms with Gasteiger partial charge in [0.15, 0.2) is 0 Å². The summed E-state index contributed by atoms with van der Waals surface area (Å²) in [6, 6.07) is 11.8. The Balaban J connectivity index is 1.87. The second kappa shape index (κ2) is 7.70. The fraction of sp³-hybridized carbons (Fsp3) is 0.350. The maximum absolute atomic E-state index is 13.0. The lowest BCUT2D eigenvalue weighted by Crippen LogP contribution is -2.32. The molecule has 1 aliphatic heterocycles. The van der Waals surface area contributed by atoms with E-state index in [1.54, 1.807) is 19.2 Å². The summed E-state index contributed by atoms with van der Waals surface area (Å²) in [6.07, 6.45) is 0.904. The summed E-state index contributed by atoms with van der Waals surface area (Å²) < 4.78 is 33.9. The fourth-order valence-electron chi connectivity index (χ4n) is 3.16. The van der Waals surface area contributed by atoms with Crippen molar-refractivity contribution in [1.82, 2.24) is 4.72 Å². The first-order chi connectivity index (χ1) is 12.8. The molecule has 1 heterocycles. The molecule has 144 valence electrons. The number of sulfonamides is 1. The number of amides is 1. The molecule has 6 nitrogen and oxygen atoms in total. The molecule has 1 aliphatic rings. The molecule has 2 aromatic carbocycles. The van der Waals surface area contributed by atoms with Crippen molar-refractivity contribution in [3.8, 4) is 5.75 Å². The smallest absolute Gasteiger partial charge is 0.241 e. The number of ether oxygens (including phenoxy) is 1. The zero-order valence-corrected chi connectivity index (χ0v) is 16.5. The number of hydrogen-bond donors (Lipinski definition) is 2. The monoisotopic (exact) mass is 388 g/mol. The van der Waals surface area contributed by atoms with Crippen LogP contribution in [0.4, 0.5) is 5.69 Å². The molecule has 7 heteroatoms. The zero-order valence-electron chi connectivity index (χ0n) is 15.7. The first-order valence-electron chi connectivity index (χ1n) is 8.89. The van der Waals surface area contributed by atoms with Crippen LogP contribution in [0.25, 0.3) is 0 Å². The number of carbonyl (C=O) groups excluding carboxylic acids is 1. The topological polar surface area (TPSA) is 84.5 Å². The molecule has 27 heavy (non-hydrogen) atoms. The summed E-state index contributed by atoms with van der Waals surface area (Å²) in [5.41, 5.74) is 2.39. The molecule has 0 aromatic heterocycles. The molecule has 1 amide bonds. The van der Waals surface area contributed by atoms with E-state index >= 15 is 0 Å². The SMILES string of the molecule is COc1ccc([C@H](NS(=O)(=O)c2ccc3c(c2)CCC(=O)N3)C(C)C)cc1. The second-order valence-corrected chi connectivity index (χ2v) is 8.70. The van der Waals surface area contributed by atoms with Gasteiger partial charge in [-0.3, -0.25) is 4.79 Å². The van der Waals surface area contributed by atoms with Crippen LogP contribution in [0.15, 0.2) is 47.4 Å². The van der Waals surface area contributed by atoms with Crippen molar-refractivity contribution in [1.29, 1.82) is 0 Å². The quantitative estimate of drug-likeness (QED) is 0.796. The average molecular weight is 388 g/mol. The molecule has 2 aromatic rings. The third-order valence-electron chi connectivity index (χ3n) is 4.71. The van der Waals surface area contributed by atoms with E-state index in [1.807, 2.05) is 38.1 Å². The van der Waals surface area contributed by atoms with Crippen molar-refractivity contribution in [2.24, 2.45) is 5.92 Å². The summed E-state index contributed by atoms with van der Waals surface area (Å²) in [6.45, 7) is 3.94. The molecule has 3 rings (SSSR count). The highest BCUT2D eigenvalue weighted by Crippen LogP contribution is 2.29. The lowest BCUT2D eigenvalue weighted by molar-refractivity contribution is -0.116. The normalized spacial score (nSPS) is 15.2. The van der Waals surface area contributed by atoms with Gasteiger partial charge in [-0.1, -0.05) is 26.0 Å². The van der Waals surface area contributed by atoms with Gasteiger partial charge < -0.3 is 10.1 Å². The molecule has 0 fully saturated rings. The molecule has 0 saturated carbocycles. The van der Waals surface area contributed by atoms with Crippen LogP contribution >= 0.6 is 0 Å². The molecule has 0 unspecified atom stereocenters. The summed E-state index contributed by atoms with van der Waals surface area (Å²) in [5, 5.41) is 2.77. The maximum atomic E-state index is 13.0. The van der Waals surface area contributed by atoms with Crippen molar-refractivity contribution in [2.75, 3.05) is 12.4 Å². The first-order valence-corrected chi connectivity index (χ1v) is 10.4. The highest BCUT2D eigenvalue weighted by Gasteiger charge is 2.25. The predicted molar refractivity (Wildman–Crippen MR) is 104 cm³/mol. The van der Waals surface area contributed by atoms with Crippen molar-refractivity contribution in [3.63, 3.8) is 0 Å². The van der Waals surface area contributed by atoms with E-state index in [-0.39, 0.29) is 22.8 Å². The third-order valence-corrected chi connectivity index (χ3v) is 6.14. The Labute approximate surface area is 160 Å². The van der Waals surface area contributed by atoms with Crippen molar-refractivity contribution in [2.45, 2.75) is 37.6 Å². The predicted octanol–water partition coefficient (Wildman–Crippen LogP) is 3.26. The summed E-state index contributed by atoms with van der Waals surface area (Å²) in [7, 11) is -2.12. The zero-order chi connectivity index (χ0) is 19.6. The van der Waals surface area contributed by atoms with Gasteiger partial charge in [0.25, 0.3) is 0 Å². The molecular formula is C20H24N2O4S. The van der Waals surface area contributed by atoms with E-state index < -0.39 is 10.0 Å². The number of nitrogens with one attached hydrogen (secondary N) is 2. The Kier molecular flexibility index (Phi) is 5.53. The first kappa shape index (κ1) is 19.4. The van der Waals surface area contributed by atoms with Crippen LogP contribution in [0.3, 0.4) is 0 Å². The Bertz CT molecular complexity index is 937. The van der Waals surface area contributed by atoms with Gasteiger partial charge in [0.1, 0.15) is 5.75 Å². The summed E-state index contributed by atoms with van der Waals surface area (Å²) >= 11 is 0. The van der Waals surface area contributed by atoms with Gasteiger partial charge in [0.05, 0.1) is 12.0 Å². The molecule has 0 aliphatic carbocycles. The van der Waals surface area contributed by atoms with Gasteiger partial charge in [-0.05, 0) is 53.8 Å². The van der Waals surface area contributed by atoms with E-state index in [2.05, 4.69) is 10.0 Å². The maximum Gasteiger partial charge on any atom is 0.241 e. The highest BCUT2D eigenvalue weighted by molar-refractivity contribution is 7.89. The standard InChI is InChI=1S/C20H24N2O4S/c1-13(2)20(14-4-7-16(26-3)8-5-14)22-27(24,25)17-9-10-18-15(12-17)6-11-19(23)21-18/h4-5,7-10,12-13,20,22H,6,11H2,1-3H3,(H,21,23)/t20-/m1/s1. The van der Waals surface area contributed by atoms with Crippen LogP contribution in [0.1, 0.15) is 37.4 Å². The van der Waals surface area contributed by atoms with Crippen molar-refractivity contribution in [3.05, 3.63) is 53.6 Å². The lowest BCUT2D eigenvalue weighted by atomic mass is 9.97. The van der Waals surface area contributed by atoms with Gasteiger partial charge in [-0.15, -0.1) is 0 Å². The van der Waals surface area contributed by atoms with Gasteiger partial charge in [0.2, 0.25) is 15.9 Å². The molecule has 0 saturated heterocycles. The number of methoxy groups -OCH3 is 1. The van der Waals surface area contributed by atoms with E-state index in [9.17, 15) is 13.2 Å². The lowest BCUT2D eigenvalue weighted by Gasteiger charge is -2.24. The van der Waals surface area contributed by atoms with Crippen LogP contribution in [0, 0.1) is 5.92 Å². The minimum absolute atomic E-state index is 0.0457. The minimum Gasteiger partial charge on any atom is -0.497 e. The number of fused-ring (bicyclic) bond motifs is 1. The number of aryl methyl sites for hydroxylation is 1. The average Bonchev–Trinajstić information content (AvgIpc) is 2.65. The Morgan fingerprint density at radius 2 is 1.78 bits per heavy atom. The highest BCUT2D eigenvalue weighted by atomic mass is 32.2. The molecule has 1 atom stereocenters. The fourth-order valence-corrected chi connectivity index (χ4v) is 4.59. The van der Waals surface area contributed by atoms with Crippen LogP contribution in [-0.2, 0) is 21.2 Å². The minimum atomic E-state index is -3.71. The number of hydrogen-bond acceptors (Lipinski definition) is 4. The number of carbonyl (C=O) groups is 1. The van der Waals surface area contributed by atoms with Crippen LogP contribution < -0.4 is 14.8 Å². The Morgan fingerprint density at radius 1 is 1.07 bits per heavy atom. The largest absolute Gasteiger partial charge is 0.497 e. The summed E-state index contributed by atoms with van der Waals surface area (Å²) in [4.78, 5) is 11.7. The van der Waals surface area contributed by atoms with E-state index in [4.69, 9.17) is 4.74 Å².